The van der Waals surface area contributed by atoms with E-state index in [2.05, 4.69) is 47.8 Å². The molecule has 2 atom stereocenters. The highest BCUT2D eigenvalue weighted by molar-refractivity contribution is 9.39. The summed E-state index contributed by atoms with van der Waals surface area (Å²) in [4.78, 5) is 23.0. The van der Waals surface area contributed by atoms with Crippen LogP contribution in [0.2, 0.25) is 0 Å². The number of carbonyl (C=O) groups is 2. The van der Waals surface area contributed by atoms with E-state index >= 15 is 0 Å². The van der Waals surface area contributed by atoms with Crippen LogP contribution in [0.1, 0.15) is 39.2 Å². The number of rotatable bonds is 7. The van der Waals surface area contributed by atoms with E-state index in [1.54, 1.807) is 6.92 Å². The van der Waals surface area contributed by atoms with Crippen molar-refractivity contribution in [1.82, 2.24) is 0 Å². The third-order valence-electron chi connectivity index (χ3n) is 3.52. The molecule has 0 aliphatic carbocycles. The van der Waals surface area contributed by atoms with E-state index < -0.39 is 13.7 Å². The molecule has 0 saturated carbocycles. The molecular formula is C17H21Br3O4. The van der Waals surface area contributed by atoms with Gasteiger partial charge in [-0.2, -0.15) is 0 Å². The standard InChI is InChI=1S/C17H21Br3O4/c1-12(21)23-15(10-9-14-7-5-4-6-8-14)11-16(3,17(18,19)20)24-13(2)22/h4-8,15H,9-11H2,1-3H3/t15-,16-/m1/s1. The summed E-state index contributed by atoms with van der Waals surface area (Å²) in [6, 6.07) is 9.96. The lowest BCUT2D eigenvalue weighted by molar-refractivity contribution is -0.160. The molecule has 0 saturated heterocycles. The third kappa shape index (κ3) is 7.23. The van der Waals surface area contributed by atoms with Crippen molar-refractivity contribution in [2.45, 2.75) is 53.9 Å². The molecule has 0 heterocycles. The molecule has 1 aromatic carbocycles. The molecule has 0 N–H and O–H groups in total. The van der Waals surface area contributed by atoms with Gasteiger partial charge in [0.05, 0.1) is 0 Å². The molecule has 0 aliphatic heterocycles. The number of benzene rings is 1. The van der Waals surface area contributed by atoms with Crippen LogP contribution in [0.15, 0.2) is 30.3 Å². The highest BCUT2D eigenvalue weighted by Crippen LogP contribution is 2.48. The van der Waals surface area contributed by atoms with Crippen molar-refractivity contribution >= 4 is 59.7 Å². The van der Waals surface area contributed by atoms with Gasteiger partial charge in [-0.05, 0) is 25.3 Å². The van der Waals surface area contributed by atoms with Crippen LogP contribution in [0.5, 0.6) is 0 Å². The Hall–Kier alpha value is -0.400. The maximum atomic E-state index is 11.5. The van der Waals surface area contributed by atoms with E-state index in [0.29, 0.717) is 12.8 Å². The normalized spacial score (nSPS) is 15.2. The van der Waals surface area contributed by atoms with Gasteiger partial charge in [-0.3, -0.25) is 9.59 Å². The Morgan fingerprint density at radius 2 is 1.67 bits per heavy atom. The zero-order valence-corrected chi connectivity index (χ0v) is 18.6. The lowest BCUT2D eigenvalue weighted by Crippen LogP contribution is -2.46. The van der Waals surface area contributed by atoms with Crippen LogP contribution < -0.4 is 0 Å². The quantitative estimate of drug-likeness (QED) is 0.365. The van der Waals surface area contributed by atoms with E-state index in [1.807, 2.05) is 30.3 Å². The van der Waals surface area contributed by atoms with Gasteiger partial charge in [0.25, 0.3) is 0 Å². The number of alkyl halides is 3. The molecule has 134 valence electrons. The molecule has 0 radical (unpaired) electrons. The second-order valence-corrected chi connectivity index (χ2v) is 12.5. The first-order valence-corrected chi connectivity index (χ1v) is 9.89. The maximum Gasteiger partial charge on any atom is 0.303 e. The molecule has 4 nitrogen and oxygen atoms in total. The summed E-state index contributed by atoms with van der Waals surface area (Å²) >= 11 is 10.3. The molecule has 24 heavy (non-hydrogen) atoms. The van der Waals surface area contributed by atoms with Crippen molar-refractivity contribution in [2.75, 3.05) is 0 Å². The fraction of sp³-hybridized carbons (Fsp3) is 0.529. The second kappa shape index (κ2) is 9.34. The van der Waals surface area contributed by atoms with Gasteiger partial charge in [-0.15, -0.1) is 0 Å². The van der Waals surface area contributed by atoms with Gasteiger partial charge >= 0.3 is 11.9 Å². The first-order valence-electron chi connectivity index (χ1n) is 7.51. The molecular weight excluding hydrogens is 508 g/mol. The van der Waals surface area contributed by atoms with E-state index in [-0.39, 0.29) is 12.1 Å². The van der Waals surface area contributed by atoms with Crippen molar-refractivity contribution in [1.29, 1.82) is 0 Å². The SMILES string of the molecule is CC(=O)O[C@H](CCc1ccccc1)C[C@@](C)(OC(C)=O)C(Br)(Br)Br. The minimum Gasteiger partial charge on any atom is -0.462 e. The molecule has 0 bridgehead atoms. The Kier molecular flexibility index (Phi) is 8.42. The van der Waals surface area contributed by atoms with Gasteiger partial charge in [0.1, 0.15) is 11.7 Å². The van der Waals surface area contributed by atoms with Crippen LogP contribution in [0.4, 0.5) is 0 Å². The van der Waals surface area contributed by atoms with Gasteiger partial charge in [0.15, 0.2) is 2.14 Å². The summed E-state index contributed by atoms with van der Waals surface area (Å²) in [6.07, 6.45) is 1.33. The fourth-order valence-electron chi connectivity index (χ4n) is 2.38. The Morgan fingerprint density at radius 1 is 1.08 bits per heavy atom. The summed E-state index contributed by atoms with van der Waals surface area (Å²) in [5, 5.41) is 0. The predicted molar refractivity (Wildman–Crippen MR) is 105 cm³/mol. The Labute approximate surface area is 168 Å². The van der Waals surface area contributed by atoms with Crippen molar-refractivity contribution < 1.29 is 19.1 Å². The molecule has 0 unspecified atom stereocenters. The van der Waals surface area contributed by atoms with Crippen molar-refractivity contribution in [3.05, 3.63) is 35.9 Å². The monoisotopic (exact) mass is 526 g/mol. The first-order chi connectivity index (χ1) is 11.0. The van der Waals surface area contributed by atoms with E-state index in [4.69, 9.17) is 9.47 Å². The van der Waals surface area contributed by atoms with E-state index in [0.717, 1.165) is 12.0 Å². The second-order valence-electron chi connectivity index (χ2n) is 5.78. The van der Waals surface area contributed by atoms with Crippen LogP contribution in [0, 0.1) is 0 Å². The van der Waals surface area contributed by atoms with E-state index in [9.17, 15) is 9.59 Å². The zero-order chi connectivity index (χ0) is 18.4. The van der Waals surface area contributed by atoms with Gasteiger partial charge < -0.3 is 9.47 Å². The smallest absolute Gasteiger partial charge is 0.303 e. The van der Waals surface area contributed by atoms with Crippen molar-refractivity contribution in [3.8, 4) is 0 Å². The zero-order valence-electron chi connectivity index (χ0n) is 13.9. The topological polar surface area (TPSA) is 52.6 Å². The highest BCUT2D eigenvalue weighted by atomic mass is 80.0. The molecule has 1 aromatic rings. The average molecular weight is 529 g/mol. The fourth-order valence-corrected chi connectivity index (χ4v) is 3.11. The Morgan fingerprint density at radius 3 is 2.12 bits per heavy atom. The highest BCUT2D eigenvalue weighted by Gasteiger charge is 2.48. The summed E-state index contributed by atoms with van der Waals surface area (Å²) in [6.45, 7) is 4.50. The molecule has 7 heteroatoms. The Bertz CT molecular complexity index is 557. The first kappa shape index (κ1) is 21.6. The van der Waals surface area contributed by atoms with Crippen LogP contribution >= 0.6 is 47.8 Å². The van der Waals surface area contributed by atoms with Gasteiger partial charge in [0.2, 0.25) is 0 Å². The number of hydrogen-bond acceptors (Lipinski definition) is 4. The van der Waals surface area contributed by atoms with Crippen LogP contribution in [-0.2, 0) is 25.5 Å². The predicted octanol–water partition coefficient (Wildman–Crippen LogP) is 5.10. The average Bonchev–Trinajstić information content (AvgIpc) is 2.43. The lowest BCUT2D eigenvalue weighted by atomic mass is 9.95. The van der Waals surface area contributed by atoms with Crippen molar-refractivity contribution in [3.63, 3.8) is 0 Å². The molecule has 0 spiro atoms. The minimum absolute atomic E-state index is 0.334. The van der Waals surface area contributed by atoms with Gasteiger partial charge in [-0.25, -0.2) is 0 Å². The van der Waals surface area contributed by atoms with E-state index in [1.165, 1.54) is 13.8 Å². The number of esters is 2. The van der Waals surface area contributed by atoms with Gasteiger partial charge in [-0.1, -0.05) is 78.1 Å². The number of carbonyl (C=O) groups excluding carboxylic acids is 2. The summed E-state index contributed by atoms with van der Waals surface area (Å²) in [5.74, 6) is -0.771. The number of ether oxygens (including phenoxy) is 2. The van der Waals surface area contributed by atoms with Crippen LogP contribution in [-0.4, -0.2) is 25.8 Å². The third-order valence-corrected chi connectivity index (χ3v) is 6.03. The molecule has 0 amide bonds. The maximum absolute atomic E-state index is 11.5. The van der Waals surface area contributed by atoms with Crippen LogP contribution in [0.3, 0.4) is 0 Å². The van der Waals surface area contributed by atoms with Crippen LogP contribution in [0.25, 0.3) is 0 Å². The Balaban J connectivity index is 2.89. The molecule has 0 aliphatic rings. The molecule has 1 rings (SSSR count). The van der Waals surface area contributed by atoms with Crippen molar-refractivity contribution in [2.24, 2.45) is 0 Å². The lowest BCUT2D eigenvalue weighted by Gasteiger charge is -2.38. The number of hydrogen-bond donors (Lipinski definition) is 0. The number of aryl methyl sites for hydroxylation is 1. The van der Waals surface area contributed by atoms with Gasteiger partial charge in [0, 0.05) is 20.3 Å². The largest absolute Gasteiger partial charge is 0.462 e. The molecule has 0 aromatic heterocycles. The number of halogens is 3. The summed E-state index contributed by atoms with van der Waals surface area (Å²) in [5.41, 5.74) is 0.196. The molecule has 0 fully saturated rings. The minimum atomic E-state index is -0.963. The summed E-state index contributed by atoms with van der Waals surface area (Å²) < 4.78 is 10.1. The summed E-state index contributed by atoms with van der Waals surface area (Å²) in [7, 11) is 0.